The molecule has 4 rings (SSSR count). The van der Waals surface area contributed by atoms with E-state index in [1.807, 2.05) is 0 Å². The number of thiocarbonyl (C=S) groups is 1. The van der Waals surface area contributed by atoms with E-state index in [0.29, 0.717) is 5.11 Å². The minimum Gasteiger partial charge on any atom is -0.359 e. The van der Waals surface area contributed by atoms with E-state index in [9.17, 15) is 0 Å². The predicted molar refractivity (Wildman–Crippen MR) is 145 cm³/mol. The molecule has 3 aromatic carbocycles. The number of hydrogen-bond donors (Lipinski definition) is 2. The van der Waals surface area contributed by atoms with Crippen LogP contribution in [0, 0.1) is 19.8 Å². The first kappa shape index (κ1) is 22.5. The smallest absolute Gasteiger partial charge is 0.171 e. The van der Waals surface area contributed by atoms with E-state index in [1.54, 1.807) is 0 Å². The van der Waals surface area contributed by atoms with Crippen molar-refractivity contribution < 1.29 is 0 Å². The molecule has 4 heteroatoms. The molecule has 2 nitrogen and oxygen atoms in total. The molecular weight excluding hydrogens is 427 g/mol. The van der Waals surface area contributed by atoms with Gasteiger partial charge in [0.15, 0.2) is 5.11 Å². The van der Waals surface area contributed by atoms with Crippen molar-refractivity contribution in [3.8, 4) is 0 Å². The largest absolute Gasteiger partial charge is 0.359 e. The van der Waals surface area contributed by atoms with Crippen LogP contribution >= 0.6 is 20.1 Å². The van der Waals surface area contributed by atoms with Crippen molar-refractivity contribution in [3.05, 3.63) is 114 Å². The monoisotopic (exact) mass is 456 g/mol. The van der Waals surface area contributed by atoms with Crippen molar-refractivity contribution in [1.29, 1.82) is 0 Å². The first-order chi connectivity index (χ1) is 15.5. The van der Waals surface area contributed by atoms with Gasteiger partial charge in [-0.1, -0.05) is 85.0 Å². The Morgan fingerprint density at radius 2 is 1.44 bits per heavy atom. The molecule has 0 aromatic heterocycles. The second kappa shape index (κ2) is 10.3. The first-order valence-corrected chi connectivity index (χ1v) is 12.7. The second-order valence-electron chi connectivity index (χ2n) is 8.27. The lowest BCUT2D eigenvalue weighted by Gasteiger charge is -2.30. The molecule has 32 heavy (non-hydrogen) atoms. The van der Waals surface area contributed by atoms with Gasteiger partial charge < -0.3 is 10.6 Å². The Labute approximate surface area is 198 Å². The Kier molecular flexibility index (Phi) is 7.19. The third kappa shape index (κ3) is 5.35. The highest BCUT2D eigenvalue weighted by Crippen LogP contribution is 2.49. The number of allylic oxidation sites excluding steroid dienone is 2. The molecule has 2 atom stereocenters. The molecule has 0 amide bonds. The highest BCUT2D eigenvalue weighted by atomic mass is 32.1. The summed E-state index contributed by atoms with van der Waals surface area (Å²) in [6.07, 6.45) is 6.79. The van der Waals surface area contributed by atoms with Crippen molar-refractivity contribution in [1.82, 2.24) is 5.32 Å². The zero-order valence-electron chi connectivity index (χ0n) is 18.7. The van der Waals surface area contributed by atoms with Crippen LogP contribution in [0.25, 0.3) is 0 Å². The number of nitrogens with one attached hydrogen (secondary N) is 2. The van der Waals surface area contributed by atoms with E-state index in [0.717, 1.165) is 5.69 Å². The van der Waals surface area contributed by atoms with E-state index >= 15 is 0 Å². The molecule has 0 saturated carbocycles. The highest BCUT2D eigenvalue weighted by molar-refractivity contribution is 7.80. The van der Waals surface area contributed by atoms with Gasteiger partial charge in [-0.2, -0.15) is 0 Å². The van der Waals surface area contributed by atoms with E-state index in [2.05, 4.69) is 128 Å². The van der Waals surface area contributed by atoms with Gasteiger partial charge in [-0.15, -0.1) is 0 Å². The summed E-state index contributed by atoms with van der Waals surface area (Å²) in [5.41, 5.74) is 3.48. The molecule has 0 radical (unpaired) electrons. The third-order valence-corrected chi connectivity index (χ3v) is 8.40. The predicted octanol–water partition coefficient (Wildman–Crippen LogP) is 6.18. The number of anilines is 1. The van der Waals surface area contributed by atoms with Crippen molar-refractivity contribution in [2.75, 3.05) is 5.32 Å². The van der Waals surface area contributed by atoms with E-state index < -0.39 is 7.92 Å². The summed E-state index contributed by atoms with van der Waals surface area (Å²) < 4.78 is 0. The summed E-state index contributed by atoms with van der Waals surface area (Å²) in [6.45, 7) is 6.42. The molecule has 0 unspecified atom stereocenters. The van der Waals surface area contributed by atoms with E-state index in [1.165, 1.54) is 27.1 Å². The lowest BCUT2D eigenvalue weighted by Crippen LogP contribution is -2.40. The van der Waals surface area contributed by atoms with Crippen LogP contribution in [0.2, 0.25) is 0 Å². The van der Waals surface area contributed by atoms with Crippen LogP contribution in [0.15, 0.2) is 102 Å². The Morgan fingerprint density at radius 1 is 0.875 bits per heavy atom. The molecule has 1 aliphatic carbocycles. The lowest BCUT2D eigenvalue weighted by molar-refractivity contribution is 0.576. The van der Waals surface area contributed by atoms with Crippen LogP contribution in [0.4, 0.5) is 5.69 Å². The molecule has 2 N–H and O–H groups in total. The van der Waals surface area contributed by atoms with Gasteiger partial charge in [0.2, 0.25) is 0 Å². The standard InChI is InChI=1S/C28H29N2PS/c1-20-17-21(2)19-23(18-20)30-28(32)29-22(3)26-15-10-16-27(26)31(24-11-6-4-7-12-24)25-13-8-5-9-14-25/h4-19,22,26H,1-3H3,(H2,29,30,32)/t22-,26+/m1/s1. The maximum absolute atomic E-state index is 5.67. The molecular formula is C28H29N2PS. The first-order valence-electron chi connectivity index (χ1n) is 11.0. The van der Waals surface area contributed by atoms with Crippen LogP contribution in [0.3, 0.4) is 0 Å². The Balaban J connectivity index is 1.53. The highest BCUT2D eigenvalue weighted by Gasteiger charge is 2.29. The Bertz CT molecular complexity index is 1080. The van der Waals surface area contributed by atoms with Crippen LogP contribution in [0.5, 0.6) is 0 Å². The molecule has 1 aliphatic rings. The van der Waals surface area contributed by atoms with Crippen molar-refractivity contribution in [2.45, 2.75) is 26.8 Å². The fourth-order valence-electron chi connectivity index (χ4n) is 4.24. The zero-order valence-corrected chi connectivity index (χ0v) is 20.5. The fourth-order valence-corrected chi connectivity index (χ4v) is 7.22. The van der Waals surface area contributed by atoms with Crippen LogP contribution in [-0.4, -0.2) is 11.2 Å². The lowest BCUT2D eigenvalue weighted by atomic mass is 10.0. The van der Waals surface area contributed by atoms with Crippen molar-refractivity contribution >= 4 is 41.5 Å². The molecule has 0 spiro atoms. The van der Waals surface area contributed by atoms with Crippen LogP contribution < -0.4 is 21.2 Å². The normalized spacial score (nSPS) is 16.0. The van der Waals surface area contributed by atoms with Crippen LogP contribution in [0.1, 0.15) is 18.1 Å². The molecule has 0 bridgehead atoms. The minimum atomic E-state index is -0.611. The SMILES string of the molecule is Cc1cc(C)cc(NC(=S)N[C@H](C)[C@@H]2C=CC=C2P(c2ccccc2)c2ccccc2)c1. The summed E-state index contributed by atoms with van der Waals surface area (Å²) in [6, 6.07) is 28.3. The second-order valence-corrected chi connectivity index (χ2v) is 10.9. The summed E-state index contributed by atoms with van der Waals surface area (Å²) >= 11 is 5.67. The van der Waals surface area contributed by atoms with E-state index in [-0.39, 0.29) is 12.0 Å². The van der Waals surface area contributed by atoms with Gasteiger partial charge in [0.1, 0.15) is 0 Å². The van der Waals surface area contributed by atoms with Gasteiger partial charge in [0.05, 0.1) is 0 Å². The molecule has 162 valence electrons. The Morgan fingerprint density at radius 3 is 2.00 bits per heavy atom. The maximum Gasteiger partial charge on any atom is 0.171 e. The average molecular weight is 457 g/mol. The number of rotatable bonds is 6. The maximum atomic E-state index is 5.67. The summed E-state index contributed by atoms with van der Waals surface area (Å²) in [5.74, 6) is 0.278. The van der Waals surface area contributed by atoms with Gasteiger partial charge in [0, 0.05) is 17.6 Å². The Hall–Kier alpha value is -2.74. The van der Waals surface area contributed by atoms with Gasteiger partial charge in [-0.25, -0.2) is 0 Å². The fraction of sp³-hybridized carbons (Fsp3) is 0.179. The topological polar surface area (TPSA) is 24.1 Å². The molecule has 3 aromatic rings. The number of benzene rings is 3. The van der Waals surface area contributed by atoms with Gasteiger partial charge in [0.25, 0.3) is 0 Å². The number of hydrogen-bond acceptors (Lipinski definition) is 1. The number of aryl methyl sites for hydroxylation is 2. The minimum absolute atomic E-state index is 0.170. The quantitative estimate of drug-likeness (QED) is 0.342. The summed E-state index contributed by atoms with van der Waals surface area (Å²) in [4.78, 5) is 0. The summed E-state index contributed by atoms with van der Waals surface area (Å²) in [7, 11) is -0.611. The summed E-state index contributed by atoms with van der Waals surface area (Å²) in [5, 5.41) is 11.8. The van der Waals surface area contributed by atoms with Crippen molar-refractivity contribution in [2.24, 2.45) is 5.92 Å². The zero-order chi connectivity index (χ0) is 22.5. The van der Waals surface area contributed by atoms with Gasteiger partial charge >= 0.3 is 0 Å². The van der Waals surface area contributed by atoms with Gasteiger partial charge in [-0.05, 0) is 80.1 Å². The molecule has 0 aliphatic heterocycles. The average Bonchev–Trinajstić information content (AvgIpc) is 3.24. The molecule has 0 fully saturated rings. The molecule has 0 saturated heterocycles. The third-order valence-electron chi connectivity index (χ3n) is 5.59. The van der Waals surface area contributed by atoms with Crippen LogP contribution in [-0.2, 0) is 0 Å². The molecule has 0 heterocycles. The van der Waals surface area contributed by atoms with Gasteiger partial charge in [-0.3, -0.25) is 0 Å². The van der Waals surface area contributed by atoms with E-state index in [4.69, 9.17) is 12.2 Å². The van der Waals surface area contributed by atoms with Crippen molar-refractivity contribution in [3.63, 3.8) is 0 Å².